The number of aromatic nitrogens is 3. The molecule has 0 saturated heterocycles. The second-order valence-corrected chi connectivity index (χ2v) is 15.9. The maximum Gasteiger partial charge on any atom is 0.164 e. The first kappa shape index (κ1) is 29.6. The van der Waals surface area contributed by atoms with Crippen molar-refractivity contribution < 1.29 is 18.4 Å². The van der Waals surface area contributed by atoms with Gasteiger partial charge >= 0.3 is 0 Å². The quantitative estimate of drug-likeness (QED) is 0.167. The van der Waals surface area contributed by atoms with E-state index in [1.54, 1.807) is 6.07 Å². The van der Waals surface area contributed by atoms with E-state index in [2.05, 4.69) is 42.5 Å². The Morgan fingerprint density at radius 1 is 0.297 bits per heavy atom. The molecule has 0 amide bonds. The molecule has 64 heavy (non-hydrogen) atoms. The van der Waals surface area contributed by atoms with Crippen molar-refractivity contribution in [3.8, 4) is 67.5 Å². The molecule has 0 saturated carbocycles. The van der Waals surface area contributed by atoms with Crippen LogP contribution in [0.4, 0.5) is 0 Å². The van der Waals surface area contributed by atoms with Gasteiger partial charge in [0.2, 0.25) is 0 Å². The van der Waals surface area contributed by atoms with E-state index in [1.807, 2.05) is 121 Å². The van der Waals surface area contributed by atoms with Crippen LogP contribution in [0.3, 0.4) is 0 Å². The summed E-state index contributed by atoms with van der Waals surface area (Å²) in [6.45, 7) is 0. The van der Waals surface area contributed by atoms with Gasteiger partial charge in [0.05, 0.1) is 9.60 Å². The summed E-state index contributed by atoms with van der Waals surface area (Å²) in [6.07, 6.45) is 0. The van der Waals surface area contributed by atoms with Gasteiger partial charge in [-0.05, 0) is 140 Å². The van der Waals surface area contributed by atoms with E-state index in [0.717, 1.165) is 71.3 Å². The minimum absolute atomic E-state index is 0.0352. The van der Waals surface area contributed by atoms with Crippen LogP contribution in [0.1, 0.15) is 9.60 Å². The van der Waals surface area contributed by atoms with Gasteiger partial charge in [0, 0.05) is 38.2 Å². The average Bonchev–Trinajstić information content (AvgIpc) is 3.98. The van der Waals surface area contributed by atoms with Gasteiger partial charge in [0.1, 0.15) is 22.3 Å². The highest BCUT2D eigenvalue weighted by molar-refractivity contribution is 6.07. The molecule has 0 unspecified atom stereocenters. The van der Waals surface area contributed by atoms with Crippen LogP contribution < -0.4 is 0 Å². The fourth-order valence-electron chi connectivity index (χ4n) is 8.72. The first-order chi connectivity index (χ1) is 34.6. The van der Waals surface area contributed by atoms with E-state index < -0.39 is 30.2 Å². The van der Waals surface area contributed by atoms with Crippen molar-refractivity contribution in [3.63, 3.8) is 0 Å². The van der Waals surface area contributed by atoms with Gasteiger partial charge < -0.3 is 8.83 Å². The highest BCUT2D eigenvalue weighted by atomic mass is 16.3. The fraction of sp³-hybridized carbons (Fsp3) is 0. The van der Waals surface area contributed by atoms with E-state index in [4.69, 9.17) is 30.6 Å². The van der Waals surface area contributed by atoms with E-state index in [9.17, 15) is 2.74 Å². The van der Waals surface area contributed by atoms with Crippen molar-refractivity contribution in [3.05, 3.63) is 212 Å². The van der Waals surface area contributed by atoms with Crippen LogP contribution in [-0.2, 0) is 0 Å². The molecule has 5 heteroatoms. The molecule has 5 nitrogen and oxygen atoms in total. The minimum atomic E-state index is -0.527. The second kappa shape index (κ2) is 14.5. The number of furan rings is 2. The molecule has 0 atom stereocenters. The smallest absolute Gasteiger partial charge is 0.164 e. The largest absolute Gasteiger partial charge is 0.456 e. The molecule has 0 aliphatic rings. The Balaban J connectivity index is 1.06. The van der Waals surface area contributed by atoms with E-state index in [1.165, 1.54) is 0 Å². The zero-order chi connectivity index (χ0) is 48.2. The molecule has 0 fully saturated rings. The van der Waals surface area contributed by atoms with Gasteiger partial charge in [-0.15, -0.1) is 0 Å². The van der Waals surface area contributed by atoms with Gasteiger partial charge in [0.25, 0.3) is 0 Å². The molecule has 0 N–H and O–H groups in total. The predicted molar refractivity (Wildman–Crippen MR) is 262 cm³/mol. The summed E-state index contributed by atoms with van der Waals surface area (Å²) in [4.78, 5) is 15.5. The lowest BCUT2D eigenvalue weighted by Crippen LogP contribution is -2.00. The van der Waals surface area contributed by atoms with Gasteiger partial charge in [-0.2, -0.15) is 0 Å². The van der Waals surface area contributed by atoms with Crippen LogP contribution >= 0.6 is 0 Å². The predicted octanol–water partition coefficient (Wildman–Crippen LogP) is 16.0. The van der Waals surface area contributed by atoms with Gasteiger partial charge in [0.15, 0.2) is 17.5 Å². The number of hydrogen-bond donors (Lipinski definition) is 0. The Kier molecular flexibility index (Phi) is 6.68. The number of rotatable bonds is 6. The summed E-state index contributed by atoms with van der Waals surface area (Å²) < 4.78 is 74.9. The highest BCUT2D eigenvalue weighted by Gasteiger charge is 2.18. The Bertz CT molecular complexity index is 4270. The van der Waals surface area contributed by atoms with Crippen LogP contribution in [0.2, 0.25) is 0 Å². The molecule has 13 aromatic rings. The Labute approximate surface area is 377 Å². The summed E-state index contributed by atoms with van der Waals surface area (Å²) in [5.74, 6) is 1.07. The summed E-state index contributed by atoms with van der Waals surface area (Å²) in [6, 6.07) is 52.7. The molecule has 13 rings (SSSR count). The number of fused-ring (bicyclic) bond motifs is 8. The normalized spacial score (nSPS) is 13.3. The summed E-state index contributed by atoms with van der Waals surface area (Å²) >= 11 is 0. The van der Waals surface area contributed by atoms with Crippen molar-refractivity contribution >= 4 is 65.4 Å². The summed E-state index contributed by atoms with van der Waals surface area (Å²) in [5, 5.41) is 5.41. The standard InChI is InChI=1S/C59H35N3O2/c1-2-10-36(11-3-1)39-20-21-41-30-43(23-22-40(41)29-39)47-31-46(42-19-18-37-12-4-5-13-38(37)28-42)32-48(33-47)59-61-57(44-24-26-55-51(34-44)49-14-6-8-16-53(49)63-55)60-58(62-59)45-25-27-56-52(35-45)50-15-7-9-17-54(50)64-56/h1-35H/i4D,5D,12D,13D,18D,19D,28D. The zero-order valence-corrected chi connectivity index (χ0v) is 33.8. The number of nitrogens with zero attached hydrogens (tertiary/aromatic N) is 3. The second-order valence-electron chi connectivity index (χ2n) is 15.9. The number of hydrogen-bond acceptors (Lipinski definition) is 5. The number of benzene rings is 10. The van der Waals surface area contributed by atoms with E-state index in [0.29, 0.717) is 45.3 Å². The van der Waals surface area contributed by atoms with E-state index >= 15 is 0 Å². The van der Waals surface area contributed by atoms with Crippen LogP contribution in [0.15, 0.2) is 221 Å². The van der Waals surface area contributed by atoms with Crippen LogP contribution in [0, 0.1) is 0 Å². The summed E-state index contributed by atoms with van der Waals surface area (Å²) in [5.41, 5.74) is 9.03. The van der Waals surface area contributed by atoms with Crippen molar-refractivity contribution in [2.45, 2.75) is 0 Å². The topological polar surface area (TPSA) is 65.0 Å². The maximum absolute atomic E-state index is 9.57. The Hall–Kier alpha value is -8.67. The van der Waals surface area contributed by atoms with Crippen molar-refractivity contribution in [2.24, 2.45) is 0 Å². The fourth-order valence-corrected chi connectivity index (χ4v) is 8.72. The molecular weight excluding hydrogens is 783 g/mol. The SMILES string of the molecule is [2H]c1c([2H])c([2H])c2c([2H])c(-c3cc(-c4ccc5cc(-c6ccccc6)ccc5c4)cc(-c4nc(-c5ccc6oc7ccccc7c6c5)nc(-c5ccc6oc7ccccc7c6c5)n4)c3)c([2H])c([2H])c2c1[2H]. The molecule has 0 radical (unpaired) electrons. The molecule has 0 aliphatic carbocycles. The van der Waals surface area contributed by atoms with Crippen LogP contribution in [-0.4, -0.2) is 15.0 Å². The Morgan fingerprint density at radius 2 is 0.781 bits per heavy atom. The lowest BCUT2D eigenvalue weighted by atomic mass is 9.93. The molecule has 10 aromatic carbocycles. The van der Waals surface area contributed by atoms with Crippen LogP contribution in [0.5, 0.6) is 0 Å². The molecule has 3 heterocycles. The maximum atomic E-state index is 9.57. The average molecular weight is 825 g/mol. The number of para-hydroxylation sites is 2. The highest BCUT2D eigenvalue weighted by Crippen LogP contribution is 2.38. The van der Waals surface area contributed by atoms with Crippen LogP contribution in [0.25, 0.3) is 133 Å². The molecule has 0 aliphatic heterocycles. The van der Waals surface area contributed by atoms with Crippen molar-refractivity contribution in [2.75, 3.05) is 0 Å². The zero-order valence-electron chi connectivity index (χ0n) is 40.8. The third kappa shape index (κ3) is 6.21. The van der Waals surface area contributed by atoms with Crippen molar-refractivity contribution in [1.82, 2.24) is 15.0 Å². The third-order valence-corrected chi connectivity index (χ3v) is 11.9. The van der Waals surface area contributed by atoms with Gasteiger partial charge in [-0.3, -0.25) is 0 Å². The first-order valence-electron chi connectivity index (χ1n) is 24.4. The molecule has 3 aromatic heterocycles. The summed E-state index contributed by atoms with van der Waals surface area (Å²) in [7, 11) is 0. The Morgan fingerprint density at radius 3 is 1.41 bits per heavy atom. The van der Waals surface area contributed by atoms with Crippen molar-refractivity contribution in [1.29, 1.82) is 0 Å². The lowest BCUT2D eigenvalue weighted by molar-refractivity contribution is 0.668. The molecular formula is C59H35N3O2. The van der Waals surface area contributed by atoms with Gasteiger partial charge in [-0.25, -0.2) is 15.0 Å². The third-order valence-electron chi connectivity index (χ3n) is 11.9. The van der Waals surface area contributed by atoms with E-state index in [-0.39, 0.29) is 28.4 Å². The van der Waals surface area contributed by atoms with Gasteiger partial charge in [-0.1, -0.05) is 127 Å². The molecule has 0 spiro atoms. The first-order valence-corrected chi connectivity index (χ1v) is 20.9. The monoisotopic (exact) mass is 824 g/mol. The lowest BCUT2D eigenvalue weighted by Gasteiger charge is -2.14. The minimum Gasteiger partial charge on any atom is -0.456 e. The molecule has 0 bridgehead atoms. The molecule has 298 valence electrons.